The molecule has 2 aliphatic rings. The Labute approximate surface area is 455 Å². The SMILES string of the molecule is C[C@H](CC(=O)N1CCC(O)(Cn2cnc3c(-c4ccc(CNCC(=O)NCCCCCCCNC(=O)Cn5ccc(-c6cc(Cl)c(Cl)c7[nH]c8c(c67)CN(C(=O)CO)CC8)n5)cc4)n(C)nc3c2=O)CC1)c1ccccc1. The first-order chi connectivity index (χ1) is 37.2. The zero-order valence-corrected chi connectivity index (χ0v) is 45.0. The lowest BCUT2D eigenvalue weighted by molar-refractivity contribution is -0.136. The van der Waals surface area contributed by atoms with Gasteiger partial charge in [-0.15, -0.1) is 0 Å². The van der Waals surface area contributed by atoms with E-state index in [0.717, 1.165) is 71.0 Å². The summed E-state index contributed by atoms with van der Waals surface area (Å²) in [4.78, 5) is 76.0. The van der Waals surface area contributed by atoms with Crippen molar-refractivity contribution in [1.29, 1.82) is 0 Å². The number of carbonyl (C=O) groups is 4. The summed E-state index contributed by atoms with van der Waals surface area (Å²) in [5, 5.41) is 40.9. The zero-order chi connectivity index (χ0) is 54.2. The van der Waals surface area contributed by atoms with E-state index in [1.807, 2.05) is 67.6 Å². The van der Waals surface area contributed by atoms with Crippen molar-refractivity contribution in [3.8, 4) is 22.5 Å². The van der Waals surface area contributed by atoms with Gasteiger partial charge in [0.25, 0.3) is 5.56 Å². The van der Waals surface area contributed by atoms with Crippen molar-refractivity contribution in [1.82, 2.24) is 59.8 Å². The number of aliphatic hydroxyl groups excluding tert-OH is 1. The van der Waals surface area contributed by atoms with Gasteiger partial charge in [0.05, 0.1) is 52.0 Å². The van der Waals surface area contributed by atoms with Crippen LogP contribution in [0.3, 0.4) is 0 Å². The van der Waals surface area contributed by atoms with E-state index in [-0.39, 0.29) is 60.3 Å². The van der Waals surface area contributed by atoms with Crippen molar-refractivity contribution in [2.45, 2.75) is 102 Å². The summed E-state index contributed by atoms with van der Waals surface area (Å²) in [7, 11) is 1.77. The summed E-state index contributed by atoms with van der Waals surface area (Å²) >= 11 is 13.2. The predicted octanol–water partition coefficient (Wildman–Crippen LogP) is 5.85. The van der Waals surface area contributed by atoms with E-state index in [1.165, 1.54) is 10.9 Å². The van der Waals surface area contributed by atoms with Crippen LogP contribution in [-0.2, 0) is 58.8 Å². The summed E-state index contributed by atoms with van der Waals surface area (Å²) in [5.74, 6) is -0.430. The van der Waals surface area contributed by atoms with Gasteiger partial charge in [-0.25, -0.2) is 4.98 Å². The fourth-order valence-corrected chi connectivity index (χ4v) is 10.9. The molecule has 406 valence electrons. The smallest absolute Gasteiger partial charge is 0.281 e. The average molecular weight is 1090 g/mol. The van der Waals surface area contributed by atoms with Crippen LogP contribution in [0.4, 0.5) is 0 Å². The maximum absolute atomic E-state index is 13.7. The Balaban J connectivity index is 0.646. The van der Waals surface area contributed by atoms with Crippen LogP contribution in [0, 0.1) is 0 Å². The lowest BCUT2D eigenvalue weighted by atomic mass is 9.90. The van der Waals surface area contributed by atoms with Crippen molar-refractivity contribution in [2.75, 3.05) is 45.9 Å². The molecule has 9 rings (SSSR count). The molecule has 2 aliphatic heterocycles. The molecule has 3 aromatic carbocycles. The van der Waals surface area contributed by atoms with Gasteiger partial charge in [0.15, 0.2) is 5.52 Å². The highest BCUT2D eigenvalue weighted by atomic mass is 35.5. The van der Waals surface area contributed by atoms with Crippen molar-refractivity contribution in [2.24, 2.45) is 7.05 Å². The van der Waals surface area contributed by atoms with Crippen molar-refractivity contribution in [3.05, 3.63) is 122 Å². The summed E-state index contributed by atoms with van der Waals surface area (Å²) in [5.41, 5.74) is 6.66. The molecule has 1 fully saturated rings. The highest BCUT2D eigenvalue weighted by molar-refractivity contribution is 6.45. The number of H-pyrrole nitrogens is 1. The number of unbranched alkanes of at least 4 members (excludes halogenated alkanes) is 4. The van der Waals surface area contributed by atoms with E-state index in [4.69, 9.17) is 23.2 Å². The van der Waals surface area contributed by atoms with Gasteiger partial charge >= 0.3 is 0 Å². The van der Waals surface area contributed by atoms with Crippen LogP contribution in [0.25, 0.3) is 44.5 Å². The van der Waals surface area contributed by atoms with Crippen LogP contribution < -0.4 is 21.5 Å². The molecular formula is C56H66Cl2N12O7. The van der Waals surface area contributed by atoms with E-state index in [9.17, 15) is 34.2 Å². The van der Waals surface area contributed by atoms with Crippen LogP contribution in [0.2, 0.25) is 10.0 Å². The topological polar surface area (TPSA) is 238 Å². The van der Waals surface area contributed by atoms with Gasteiger partial charge in [-0.3, -0.25) is 37.9 Å². The molecular weight excluding hydrogens is 1020 g/mol. The number of benzene rings is 3. The third kappa shape index (κ3) is 12.9. The monoisotopic (exact) mass is 1090 g/mol. The number of nitrogens with one attached hydrogen (secondary N) is 4. The summed E-state index contributed by atoms with van der Waals surface area (Å²) in [6.07, 6.45) is 9.43. The van der Waals surface area contributed by atoms with Crippen molar-refractivity contribution < 1.29 is 29.4 Å². The minimum absolute atomic E-state index is 0.0427. The second-order valence-corrected chi connectivity index (χ2v) is 21.2. The minimum Gasteiger partial charge on any atom is -0.388 e. The third-order valence-electron chi connectivity index (χ3n) is 14.9. The maximum Gasteiger partial charge on any atom is 0.281 e. The first-order valence-corrected chi connectivity index (χ1v) is 27.2. The number of halogens is 2. The van der Waals surface area contributed by atoms with Gasteiger partial charge in [-0.2, -0.15) is 10.2 Å². The third-order valence-corrected chi connectivity index (χ3v) is 15.7. The second-order valence-electron chi connectivity index (χ2n) is 20.4. The highest BCUT2D eigenvalue weighted by Gasteiger charge is 2.35. The quantitative estimate of drug-likeness (QED) is 0.0441. The number of amides is 4. The number of aromatic amines is 1. The van der Waals surface area contributed by atoms with Crippen LogP contribution in [0.5, 0.6) is 0 Å². The number of rotatable bonds is 22. The fraction of sp³-hybridized carbons (Fsp3) is 0.429. The molecule has 4 amide bonds. The Bertz CT molecular complexity index is 3310. The number of hydrogen-bond acceptors (Lipinski definition) is 11. The van der Waals surface area contributed by atoms with Gasteiger partial charge in [0.1, 0.15) is 18.7 Å². The molecule has 77 heavy (non-hydrogen) atoms. The van der Waals surface area contributed by atoms with Crippen LogP contribution in [0.15, 0.2) is 84.0 Å². The normalized spacial score (nSPS) is 14.7. The van der Waals surface area contributed by atoms with Crippen LogP contribution in [0.1, 0.15) is 86.6 Å². The van der Waals surface area contributed by atoms with E-state index in [1.54, 1.807) is 38.5 Å². The minimum atomic E-state index is -1.16. The van der Waals surface area contributed by atoms with Gasteiger partial charge < -0.3 is 40.9 Å². The van der Waals surface area contributed by atoms with E-state index >= 15 is 0 Å². The molecule has 19 nitrogen and oxygen atoms in total. The first-order valence-electron chi connectivity index (χ1n) is 26.4. The standard InChI is InChI=1S/C56H66Cl2N12O7/c1-36(38-11-7-6-8-12-38)27-47(74)67-25-19-56(77,20-26-67)34-69-35-62-52-53(55(69)76)65-66(2)54(52)39-15-13-37(14-16-39)29-59-30-45(72)60-21-9-4-3-5-10-22-61-46(73)32-70-24-18-44(64-70)40-28-42(57)50(58)51-49(40)41-31-68(48(75)33-71)23-17-43(41)63-51/h6-8,11-16,18,24,28,35-36,59,63,71,77H,3-5,9-10,17,19-23,25-27,29-34H2,1-2H3,(H,60,72)(H,61,73)/t36-/m1/s1. The number of piperidine rings is 1. The van der Waals surface area contributed by atoms with Gasteiger partial charge in [0.2, 0.25) is 23.6 Å². The molecule has 7 aromatic rings. The largest absolute Gasteiger partial charge is 0.388 e. The molecule has 21 heteroatoms. The molecule has 6 heterocycles. The summed E-state index contributed by atoms with van der Waals surface area (Å²) in [6, 6.07) is 21.3. The molecule has 0 spiro atoms. The predicted molar refractivity (Wildman–Crippen MR) is 295 cm³/mol. The number of fused-ring (bicyclic) bond motifs is 4. The number of nitrogens with zero attached hydrogens (tertiary/aromatic N) is 8. The molecule has 0 saturated carbocycles. The van der Waals surface area contributed by atoms with E-state index in [0.29, 0.717) is 104 Å². The molecule has 0 aliphatic carbocycles. The Kier molecular flexibility index (Phi) is 17.5. The first kappa shape index (κ1) is 54.9. The number of hydrogen-bond donors (Lipinski definition) is 6. The second kappa shape index (κ2) is 24.6. The Morgan fingerprint density at radius 2 is 1.57 bits per heavy atom. The number of aryl methyl sites for hydroxylation is 1. The molecule has 0 bridgehead atoms. The van der Waals surface area contributed by atoms with Crippen LogP contribution >= 0.6 is 23.2 Å². The summed E-state index contributed by atoms with van der Waals surface area (Å²) < 4.78 is 4.64. The Hall–Kier alpha value is -6.90. The number of aromatic nitrogens is 7. The molecule has 0 radical (unpaired) electrons. The molecule has 4 aromatic heterocycles. The van der Waals surface area contributed by atoms with E-state index in [2.05, 4.69) is 36.1 Å². The molecule has 1 saturated heterocycles. The van der Waals surface area contributed by atoms with Gasteiger partial charge in [0, 0.05) is 99.7 Å². The van der Waals surface area contributed by atoms with Gasteiger partial charge in [-0.1, -0.05) is 104 Å². The number of carbonyl (C=O) groups excluding carboxylic acids is 4. The number of aliphatic hydroxyl groups is 2. The van der Waals surface area contributed by atoms with Crippen molar-refractivity contribution in [3.63, 3.8) is 0 Å². The summed E-state index contributed by atoms with van der Waals surface area (Å²) in [6.45, 7) is 4.98. The lowest BCUT2D eigenvalue weighted by Gasteiger charge is -2.38. The van der Waals surface area contributed by atoms with Crippen molar-refractivity contribution >= 4 is 68.8 Å². The highest BCUT2D eigenvalue weighted by Crippen LogP contribution is 2.42. The zero-order valence-electron chi connectivity index (χ0n) is 43.5. The number of likely N-dealkylation sites (tertiary alicyclic amines) is 1. The maximum atomic E-state index is 13.7. The molecule has 6 N–H and O–H groups in total. The van der Waals surface area contributed by atoms with Crippen LogP contribution in [-0.4, -0.2) is 129 Å². The Morgan fingerprint density at radius 1 is 0.857 bits per heavy atom. The van der Waals surface area contributed by atoms with E-state index < -0.39 is 12.2 Å². The lowest BCUT2D eigenvalue weighted by Crippen LogP contribution is -2.49. The fourth-order valence-electron chi connectivity index (χ4n) is 10.5. The average Bonchev–Trinajstić information content (AvgIpc) is 4.16. The molecule has 0 unspecified atom stereocenters. The Morgan fingerprint density at radius 3 is 2.30 bits per heavy atom. The van der Waals surface area contributed by atoms with Gasteiger partial charge in [-0.05, 0) is 54.9 Å². The molecule has 1 atom stereocenters.